The summed E-state index contributed by atoms with van der Waals surface area (Å²) in [5.74, 6) is -0.284. The van der Waals surface area contributed by atoms with Gasteiger partial charge in [0.15, 0.2) is 0 Å². The SMILES string of the molecule is Fc1ccccc1Cl.O=C(COCO)NCC1CNCCOC1. The molecule has 0 radical (unpaired) electrons. The van der Waals surface area contributed by atoms with Crippen molar-refractivity contribution in [1.29, 1.82) is 0 Å². The van der Waals surface area contributed by atoms with Crippen LogP contribution in [0.15, 0.2) is 24.3 Å². The number of ether oxygens (including phenoxy) is 2. The number of aliphatic hydroxyl groups is 1. The van der Waals surface area contributed by atoms with Gasteiger partial charge in [-0.25, -0.2) is 4.39 Å². The van der Waals surface area contributed by atoms with E-state index in [-0.39, 0.29) is 23.4 Å². The van der Waals surface area contributed by atoms with Gasteiger partial charge in [-0.3, -0.25) is 4.79 Å². The zero-order valence-corrected chi connectivity index (χ0v) is 13.5. The summed E-state index contributed by atoms with van der Waals surface area (Å²) in [4.78, 5) is 11.1. The molecule has 23 heavy (non-hydrogen) atoms. The molecule has 8 heteroatoms. The van der Waals surface area contributed by atoms with Gasteiger partial charge >= 0.3 is 0 Å². The van der Waals surface area contributed by atoms with Crippen molar-refractivity contribution in [3.05, 3.63) is 35.1 Å². The number of benzene rings is 1. The Labute approximate surface area is 139 Å². The minimum absolute atomic E-state index is 0.0997. The Morgan fingerprint density at radius 3 is 2.96 bits per heavy atom. The number of aliphatic hydroxyl groups excluding tert-OH is 1. The molecule has 130 valence electrons. The highest BCUT2D eigenvalue weighted by molar-refractivity contribution is 6.30. The maximum atomic E-state index is 12.2. The molecule has 1 aromatic carbocycles. The van der Waals surface area contributed by atoms with E-state index in [1.54, 1.807) is 12.1 Å². The van der Waals surface area contributed by atoms with E-state index in [0.29, 0.717) is 19.1 Å². The molecule has 6 nitrogen and oxygen atoms in total. The number of hydrogen-bond acceptors (Lipinski definition) is 5. The van der Waals surface area contributed by atoms with Crippen molar-refractivity contribution in [3.63, 3.8) is 0 Å². The fraction of sp³-hybridized carbons (Fsp3) is 0.533. The summed E-state index contributed by atoms with van der Waals surface area (Å²) >= 11 is 5.33. The van der Waals surface area contributed by atoms with E-state index in [2.05, 4.69) is 15.4 Å². The van der Waals surface area contributed by atoms with Crippen LogP contribution < -0.4 is 10.6 Å². The zero-order chi connectivity index (χ0) is 16.9. The fourth-order valence-corrected chi connectivity index (χ4v) is 1.91. The Morgan fingerprint density at radius 2 is 2.30 bits per heavy atom. The highest BCUT2D eigenvalue weighted by atomic mass is 35.5. The molecule has 1 atom stereocenters. The van der Waals surface area contributed by atoms with E-state index in [4.69, 9.17) is 21.4 Å². The molecule has 1 fully saturated rings. The number of carbonyl (C=O) groups is 1. The summed E-state index contributed by atoms with van der Waals surface area (Å²) in [7, 11) is 0. The van der Waals surface area contributed by atoms with Crippen molar-refractivity contribution in [2.45, 2.75) is 0 Å². The van der Waals surface area contributed by atoms with Crippen LogP contribution in [0.3, 0.4) is 0 Å². The molecular weight excluding hydrogens is 327 g/mol. The van der Waals surface area contributed by atoms with Crippen LogP contribution in [0.2, 0.25) is 5.02 Å². The highest BCUT2D eigenvalue weighted by Gasteiger charge is 2.13. The normalized spacial score (nSPS) is 17.6. The molecule has 3 N–H and O–H groups in total. The third-order valence-electron chi connectivity index (χ3n) is 2.95. The first-order chi connectivity index (χ1) is 11.1. The van der Waals surface area contributed by atoms with Crippen LogP contribution >= 0.6 is 11.6 Å². The van der Waals surface area contributed by atoms with Crippen molar-refractivity contribution in [3.8, 4) is 0 Å². The molecule has 1 amide bonds. The van der Waals surface area contributed by atoms with Gasteiger partial charge in [-0.15, -0.1) is 0 Å². The number of nitrogens with one attached hydrogen (secondary N) is 2. The molecule has 1 aliphatic heterocycles. The lowest BCUT2D eigenvalue weighted by molar-refractivity contribution is -0.129. The third kappa shape index (κ3) is 9.47. The van der Waals surface area contributed by atoms with Gasteiger partial charge in [0.05, 0.1) is 18.2 Å². The lowest BCUT2D eigenvalue weighted by Gasteiger charge is -2.14. The van der Waals surface area contributed by atoms with Crippen molar-refractivity contribution in [2.24, 2.45) is 5.92 Å². The van der Waals surface area contributed by atoms with E-state index in [1.165, 1.54) is 12.1 Å². The number of carbonyl (C=O) groups excluding carboxylic acids is 1. The molecular formula is C15H22ClFN2O4. The van der Waals surface area contributed by atoms with Crippen molar-refractivity contribution in [2.75, 3.05) is 46.2 Å². The monoisotopic (exact) mass is 348 g/mol. The Hall–Kier alpha value is -1.25. The number of amides is 1. The van der Waals surface area contributed by atoms with Gasteiger partial charge in [-0.1, -0.05) is 23.7 Å². The van der Waals surface area contributed by atoms with Crippen LogP contribution in [0.1, 0.15) is 0 Å². The maximum absolute atomic E-state index is 12.2. The maximum Gasteiger partial charge on any atom is 0.246 e. The zero-order valence-electron chi connectivity index (χ0n) is 12.8. The number of halogens is 2. The fourth-order valence-electron chi connectivity index (χ4n) is 1.78. The second kappa shape index (κ2) is 12.2. The van der Waals surface area contributed by atoms with Gasteiger partial charge in [-0.05, 0) is 12.1 Å². The number of rotatable bonds is 5. The van der Waals surface area contributed by atoms with Crippen LogP contribution in [0, 0.1) is 11.7 Å². The largest absolute Gasteiger partial charge is 0.380 e. The van der Waals surface area contributed by atoms with E-state index >= 15 is 0 Å². The van der Waals surface area contributed by atoms with Gasteiger partial charge in [-0.2, -0.15) is 0 Å². The average Bonchev–Trinajstić information content (AvgIpc) is 2.83. The van der Waals surface area contributed by atoms with Crippen LogP contribution in [-0.2, 0) is 14.3 Å². The van der Waals surface area contributed by atoms with Gasteiger partial charge in [0.2, 0.25) is 5.91 Å². The van der Waals surface area contributed by atoms with Crippen LogP contribution in [-0.4, -0.2) is 57.3 Å². The van der Waals surface area contributed by atoms with E-state index in [9.17, 15) is 9.18 Å². The second-order valence-electron chi connectivity index (χ2n) is 4.84. The van der Waals surface area contributed by atoms with Gasteiger partial charge in [0.1, 0.15) is 19.2 Å². The molecule has 0 aliphatic carbocycles. The standard InChI is InChI=1S/C9H18N2O4.C6H4ClF/c12-7-15-6-9(13)11-4-8-3-10-1-2-14-5-8;7-5-3-1-2-4-6(5)8/h8,10,12H,1-7H2,(H,11,13);1-4H. The molecule has 1 saturated heterocycles. The van der Waals surface area contributed by atoms with Crippen LogP contribution in [0.25, 0.3) is 0 Å². The molecule has 0 aromatic heterocycles. The van der Waals surface area contributed by atoms with Crippen molar-refractivity contribution in [1.82, 2.24) is 10.6 Å². The smallest absolute Gasteiger partial charge is 0.246 e. The van der Waals surface area contributed by atoms with Crippen LogP contribution in [0.4, 0.5) is 4.39 Å². The summed E-state index contributed by atoms with van der Waals surface area (Å²) < 4.78 is 22.1. The van der Waals surface area contributed by atoms with E-state index in [1.807, 2.05) is 0 Å². The Kier molecular flexibility index (Phi) is 10.5. The van der Waals surface area contributed by atoms with Gasteiger partial charge < -0.3 is 25.2 Å². The first-order valence-electron chi connectivity index (χ1n) is 7.27. The predicted octanol–water partition coefficient (Wildman–Crippen LogP) is 0.784. The van der Waals surface area contributed by atoms with Crippen molar-refractivity contribution < 1.29 is 23.8 Å². The van der Waals surface area contributed by atoms with Crippen molar-refractivity contribution >= 4 is 17.5 Å². The summed E-state index contributed by atoms with van der Waals surface area (Å²) in [6.45, 7) is 3.13. The average molecular weight is 349 g/mol. The summed E-state index contributed by atoms with van der Waals surface area (Å²) in [6.07, 6.45) is 0. The molecule has 0 spiro atoms. The minimum Gasteiger partial charge on any atom is -0.380 e. The Morgan fingerprint density at radius 1 is 1.52 bits per heavy atom. The van der Waals surface area contributed by atoms with E-state index in [0.717, 1.165) is 19.7 Å². The molecule has 0 bridgehead atoms. The molecule has 0 saturated carbocycles. The first-order valence-corrected chi connectivity index (χ1v) is 7.65. The predicted molar refractivity (Wildman–Crippen MR) is 84.6 cm³/mol. The molecule has 1 heterocycles. The summed E-state index contributed by atoms with van der Waals surface area (Å²) in [5.41, 5.74) is 0. The van der Waals surface area contributed by atoms with Gasteiger partial charge in [0, 0.05) is 25.6 Å². The third-order valence-corrected chi connectivity index (χ3v) is 3.25. The van der Waals surface area contributed by atoms with Gasteiger partial charge in [0.25, 0.3) is 0 Å². The van der Waals surface area contributed by atoms with E-state index < -0.39 is 6.79 Å². The molecule has 1 aliphatic rings. The Bertz CT molecular complexity index is 436. The first kappa shape index (κ1) is 19.8. The van der Waals surface area contributed by atoms with Crippen LogP contribution in [0.5, 0.6) is 0 Å². The quantitative estimate of drug-likeness (QED) is 0.685. The molecule has 1 aromatic rings. The highest BCUT2D eigenvalue weighted by Crippen LogP contribution is 2.11. The molecule has 1 unspecified atom stereocenters. The number of hydrogen-bond donors (Lipinski definition) is 3. The second-order valence-corrected chi connectivity index (χ2v) is 5.25. The molecule has 2 rings (SSSR count). The lowest BCUT2D eigenvalue weighted by atomic mass is 10.1. The summed E-state index contributed by atoms with van der Waals surface area (Å²) in [6, 6.07) is 6.12. The lowest BCUT2D eigenvalue weighted by Crippen LogP contribution is -2.36. The minimum atomic E-state index is -0.429. The topological polar surface area (TPSA) is 79.8 Å². The summed E-state index contributed by atoms with van der Waals surface area (Å²) in [5, 5.41) is 14.4. The Balaban J connectivity index is 0.000000277.